The van der Waals surface area contributed by atoms with E-state index in [9.17, 15) is 0 Å². The van der Waals surface area contributed by atoms with Crippen LogP contribution in [0.3, 0.4) is 0 Å². The molecule has 0 aliphatic heterocycles. The monoisotopic (exact) mass is 269 g/mol. The van der Waals surface area contributed by atoms with Crippen LogP contribution in [-0.2, 0) is 11.3 Å². The van der Waals surface area contributed by atoms with Crippen molar-refractivity contribution >= 4 is 6.01 Å². The molecule has 5 nitrogen and oxygen atoms in total. The summed E-state index contributed by atoms with van der Waals surface area (Å²) >= 11 is 0. The topological polar surface area (TPSA) is 50.5 Å². The minimum absolute atomic E-state index is 0.0763. The van der Waals surface area contributed by atoms with Crippen molar-refractivity contribution in [3.05, 3.63) is 12.0 Å². The van der Waals surface area contributed by atoms with E-state index in [-0.39, 0.29) is 5.54 Å². The maximum atomic E-state index is 5.57. The molecule has 19 heavy (non-hydrogen) atoms. The highest BCUT2D eigenvalue weighted by atomic mass is 16.5. The third-order valence-electron chi connectivity index (χ3n) is 2.74. The molecule has 0 aliphatic carbocycles. The molecule has 0 atom stereocenters. The summed E-state index contributed by atoms with van der Waals surface area (Å²) in [6.07, 6.45) is 1.72. The molecule has 1 aromatic heterocycles. The molecule has 1 aromatic rings. The SMILES string of the molecule is COCCN(c1nc(CNC(C)(C)C)co1)C(C)C. The summed E-state index contributed by atoms with van der Waals surface area (Å²) in [5, 5.41) is 3.40. The van der Waals surface area contributed by atoms with E-state index in [0.717, 1.165) is 12.2 Å². The summed E-state index contributed by atoms with van der Waals surface area (Å²) in [6, 6.07) is 0.995. The van der Waals surface area contributed by atoms with Gasteiger partial charge in [0.1, 0.15) is 6.26 Å². The van der Waals surface area contributed by atoms with Gasteiger partial charge in [0.05, 0.1) is 12.3 Å². The van der Waals surface area contributed by atoms with Crippen molar-refractivity contribution in [2.45, 2.75) is 52.7 Å². The van der Waals surface area contributed by atoms with Crippen LogP contribution in [0, 0.1) is 0 Å². The van der Waals surface area contributed by atoms with Gasteiger partial charge in [0.25, 0.3) is 6.01 Å². The molecule has 1 heterocycles. The molecule has 0 unspecified atom stereocenters. The first kappa shape index (κ1) is 16.0. The quantitative estimate of drug-likeness (QED) is 0.824. The number of methoxy groups -OCH3 is 1. The summed E-state index contributed by atoms with van der Waals surface area (Å²) in [5.41, 5.74) is 1.00. The van der Waals surface area contributed by atoms with Gasteiger partial charge in [-0.25, -0.2) is 0 Å². The second-order valence-electron chi connectivity index (χ2n) is 6.00. The summed E-state index contributed by atoms with van der Waals surface area (Å²) < 4.78 is 10.7. The van der Waals surface area contributed by atoms with Crippen LogP contribution >= 0.6 is 0 Å². The maximum absolute atomic E-state index is 5.57. The maximum Gasteiger partial charge on any atom is 0.297 e. The number of nitrogens with zero attached hydrogens (tertiary/aromatic N) is 2. The second-order valence-corrected chi connectivity index (χ2v) is 6.00. The number of oxazole rings is 1. The van der Waals surface area contributed by atoms with E-state index in [2.05, 4.69) is 49.8 Å². The molecule has 0 fully saturated rings. The van der Waals surface area contributed by atoms with Crippen LogP contribution in [0.2, 0.25) is 0 Å². The van der Waals surface area contributed by atoms with Crippen molar-refractivity contribution in [1.82, 2.24) is 10.3 Å². The van der Waals surface area contributed by atoms with Gasteiger partial charge in [0.2, 0.25) is 0 Å². The first-order valence-corrected chi connectivity index (χ1v) is 6.78. The number of hydrogen-bond donors (Lipinski definition) is 1. The normalized spacial score (nSPS) is 12.2. The predicted octanol–water partition coefficient (Wildman–Crippen LogP) is 2.42. The molecule has 0 amide bonds. The zero-order valence-corrected chi connectivity index (χ0v) is 13.0. The van der Waals surface area contributed by atoms with E-state index in [1.165, 1.54) is 0 Å². The van der Waals surface area contributed by atoms with E-state index in [1.54, 1.807) is 13.4 Å². The van der Waals surface area contributed by atoms with Gasteiger partial charge in [-0.2, -0.15) is 4.98 Å². The highest BCUT2D eigenvalue weighted by Gasteiger charge is 2.17. The Labute approximate surface area is 116 Å². The minimum Gasteiger partial charge on any atom is -0.432 e. The average molecular weight is 269 g/mol. The minimum atomic E-state index is 0.0763. The van der Waals surface area contributed by atoms with Gasteiger partial charge in [-0.1, -0.05) is 0 Å². The molecule has 0 radical (unpaired) electrons. The Morgan fingerprint density at radius 2 is 2.11 bits per heavy atom. The third kappa shape index (κ3) is 5.61. The largest absolute Gasteiger partial charge is 0.432 e. The molecule has 0 aromatic carbocycles. The molecule has 0 bridgehead atoms. The fraction of sp³-hybridized carbons (Fsp3) is 0.786. The first-order valence-electron chi connectivity index (χ1n) is 6.78. The Kier molecular flexibility index (Phi) is 5.82. The Morgan fingerprint density at radius 1 is 1.42 bits per heavy atom. The lowest BCUT2D eigenvalue weighted by molar-refractivity contribution is 0.202. The van der Waals surface area contributed by atoms with Crippen molar-refractivity contribution in [2.24, 2.45) is 0 Å². The molecule has 110 valence electrons. The first-order chi connectivity index (χ1) is 8.83. The number of ether oxygens (including phenoxy) is 1. The van der Waals surface area contributed by atoms with E-state index in [4.69, 9.17) is 9.15 Å². The molecule has 0 aliphatic rings. The predicted molar refractivity (Wildman–Crippen MR) is 77.5 cm³/mol. The number of rotatable bonds is 7. The van der Waals surface area contributed by atoms with Gasteiger partial charge in [-0.05, 0) is 34.6 Å². The summed E-state index contributed by atoms with van der Waals surface area (Å²) in [5.74, 6) is 0. The third-order valence-corrected chi connectivity index (χ3v) is 2.74. The molecule has 0 spiro atoms. The zero-order valence-electron chi connectivity index (χ0n) is 13.0. The van der Waals surface area contributed by atoms with Gasteiger partial charge in [-0.15, -0.1) is 0 Å². The molecule has 1 rings (SSSR count). The molecule has 0 saturated heterocycles. The van der Waals surface area contributed by atoms with Crippen LogP contribution in [0.5, 0.6) is 0 Å². The Bertz CT molecular complexity index is 369. The molecule has 1 N–H and O–H groups in total. The van der Waals surface area contributed by atoms with E-state index in [0.29, 0.717) is 25.2 Å². The van der Waals surface area contributed by atoms with Crippen LogP contribution in [-0.4, -0.2) is 36.8 Å². The molecular formula is C14H27N3O2. The fourth-order valence-electron chi connectivity index (χ4n) is 1.63. The van der Waals surface area contributed by atoms with E-state index in [1.807, 2.05) is 0 Å². The van der Waals surface area contributed by atoms with Crippen molar-refractivity contribution in [3.8, 4) is 0 Å². The molecule has 5 heteroatoms. The van der Waals surface area contributed by atoms with Crippen LogP contribution in [0.25, 0.3) is 0 Å². The number of aromatic nitrogens is 1. The van der Waals surface area contributed by atoms with Crippen LogP contribution in [0.15, 0.2) is 10.7 Å². The zero-order chi connectivity index (χ0) is 14.5. The lowest BCUT2D eigenvalue weighted by atomic mass is 10.1. The van der Waals surface area contributed by atoms with Crippen molar-refractivity contribution in [3.63, 3.8) is 0 Å². The van der Waals surface area contributed by atoms with Crippen molar-refractivity contribution in [2.75, 3.05) is 25.2 Å². The standard InChI is InChI=1S/C14H27N3O2/c1-11(2)17(7-8-18-6)13-16-12(10-19-13)9-15-14(3,4)5/h10-11,15H,7-9H2,1-6H3. The van der Waals surface area contributed by atoms with E-state index >= 15 is 0 Å². The van der Waals surface area contributed by atoms with E-state index < -0.39 is 0 Å². The highest BCUT2D eigenvalue weighted by Crippen LogP contribution is 2.16. The van der Waals surface area contributed by atoms with Gasteiger partial charge >= 0.3 is 0 Å². The van der Waals surface area contributed by atoms with Gasteiger partial charge in [0, 0.05) is 31.8 Å². The highest BCUT2D eigenvalue weighted by molar-refractivity contribution is 5.28. The van der Waals surface area contributed by atoms with Crippen LogP contribution < -0.4 is 10.2 Å². The lowest BCUT2D eigenvalue weighted by Gasteiger charge is -2.24. The fourth-order valence-corrected chi connectivity index (χ4v) is 1.63. The average Bonchev–Trinajstić information content (AvgIpc) is 2.74. The Hall–Kier alpha value is -1.07. The second kappa shape index (κ2) is 6.91. The molecular weight excluding hydrogens is 242 g/mol. The number of anilines is 1. The summed E-state index contributed by atoms with van der Waals surface area (Å²) in [7, 11) is 1.70. The summed E-state index contributed by atoms with van der Waals surface area (Å²) in [4.78, 5) is 6.63. The lowest BCUT2D eigenvalue weighted by Crippen LogP contribution is -2.35. The number of hydrogen-bond acceptors (Lipinski definition) is 5. The van der Waals surface area contributed by atoms with Crippen molar-refractivity contribution in [1.29, 1.82) is 0 Å². The summed E-state index contributed by atoms with van der Waals surface area (Å²) in [6.45, 7) is 12.8. The number of nitrogens with one attached hydrogen (secondary N) is 1. The Balaban J connectivity index is 2.65. The smallest absolute Gasteiger partial charge is 0.297 e. The van der Waals surface area contributed by atoms with Gasteiger partial charge in [0.15, 0.2) is 0 Å². The van der Waals surface area contributed by atoms with Crippen LogP contribution in [0.4, 0.5) is 6.01 Å². The van der Waals surface area contributed by atoms with Crippen molar-refractivity contribution < 1.29 is 9.15 Å². The van der Waals surface area contributed by atoms with Gasteiger partial charge < -0.3 is 19.4 Å². The van der Waals surface area contributed by atoms with Crippen LogP contribution in [0.1, 0.15) is 40.3 Å². The Morgan fingerprint density at radius 3 is 2.63 bits per heavy atom. The molecule has 0 saturated carbocycles. The van der Waals surface area contributed by atoms with Gasteiger partial charge in [-0.3, -0.25) is 0 Å².